The van der Waals surface area contributed by atoms with Crippen molar-refractivity contribution < 1.29 is 28.8 Å². The van der Waals surface area contributed by atoms with Crippen molar-refractivity contribution in [3.63, 3.8) is 0 Å². The van der Waals surface area contributed by atoms with Crippen LogP contribution >= 0.6 is 0 Å². The van der Waals surface area contributed by atoms with Gasteiger partial charge in [-0.05, 0) is 28.7 Å². The maximum absolute atomic E-state index is 12.6. The molecule has 1 aliphatic carbocycles. The molecule has 0 saturated heterocycles. The van der Waals surface area contributed by atoms with Crippen molar-refractivity contribution in [2.24, 2.45) is 0 Å². The van der Waals surface area contributed by atoms with Gasteiger partial charge in [-0.2, -0.15) is 0 Å². The van der Waals surface area contributed by atoms with Gasteiger partial charge in [-0.3, -0.25) is 0 Å². The van der Waals surface area contributed by atoms with Gasteiger partial charge < -0.3 is 28.8 Å². The fraction of sp³-hybridized carbons (Fsp3) is 0.316. The molecule has 6 nitrogen and oxygen atoms in total. The van der Waals surface area contributed by atoms with Crippen LogP contribution in [0.5, 0.6) is 0 Å². The quantitative estimate of drug-likeness (QED) is 0.192. The highest BCUT2D eigenvalue weighted by atomic mass is 16.6. The van der Waals surface area contributed by atoms with Gasteiger partial charge in [-0.15, -0.1) is 0 Å². The van der Waals surface area contributed by atoms with E-state index in [1.165, 1.54) is 0 Å². The highest BCUT2D eigenvalue weighted by molar-refractivity contribution is 5.20. The van der Waals surface area contributed by atoms with Gasteiger partial charge >= 0.3 is 0 Å². The van der Waals surface area contributed by atoms with Gasteiger partial charge in [0.15, 0.2) is 0 Å². The molecule has 0 unspecified atom stereocenters. The number of ether oxygens (including phenoxy) is 5. The number of rotatable bonds is 12. The largest absolute Gasteiger partial charge is 0.384 e. The normalized spacial score (nSPS) is 26.5. The van der Waals surface area contributed by atoms with Gasteiger partial charge in [-0.1, -0.05) is 133 Å². The average molecular weight is 593 g/mol. The fourth-order valence-electron chi connectivity index (χ4n) is 6.09. The minimum Gasteiger partial charge on any atom is -0.384 e. The van der Waals surface area contributed by atoms with E-state index in [9.17, 15) is 5.11 Å². The van der Waals surface area contributed by atoms with Crippen molar-refractivity contribution in [2.75, 3.05) is 6.61 Å². The van der Waals surface area contributed by atoms with E-state index in [4.69, 9.17) is 23.7 Å². The van der Waals surface area contributed by atoms with Crippen LogP contribution in [0.2, 0.25) is 0 Å². The lowest BCUT2D eigenvalue weighted by Gasteiger charge is -2.53. The van der Waals surface area contributed by atoms with E-state index in [-0.39, 0.29) is 0 Å². The summed E-state index contributed by atoms with van der Waals surface area (Å²) in [5.41, 5.74) is 2.64. The molecule has 0 radical (unpaired) electrons. The second-order valence-corrected chi connectivity index (χ2v) is 11.4. The van der Waals surface area contributed by atoms with Gasteiger partial charge in [0.25, 0.3) is 0 Å². The zero-order chi connectivity index (χ0) is 30.0. The molecule has 1 saturated carbocycles. The monoisotopic (exact) mass is 592 g/mol. The van der Waals surface area contributed by atoms with E-state index in [1.54, 1.807) is 0 Å². The zero-order valence-electron chi connectivity index (χ0n) is 24.8. The summed E-state index contributed by atoms with van der Waals surface area (Å²) in [6.45, 7) is 1.66. The third-order valence-electron chi connectivity index (χ3n) is 8.34. The highest BCUT2D eigenvalue weighted by Crippen LogP contribution is 2.42. The number of fused-ring (bicyclic) bond motifs is 1. The van der Waals surface area contributed by atoms with Crippen LogP contribution < -0.4 is 0 Å². The molecule has 1 N–H and O–H groups in total. The maximum atomic E-state index is 12.6. The molecule has 6 rings (SSSR count). The Bertz CT molecular complexity index is 1430. The molecular weight excluding hydrogens is 552 g/mol. The predicted octanol–water partition coefficient (Wildman–Crippen LogP) is 6.42. The molecule has 4 aromatic rings. The third kappa shape index (κ3) is 7.36. The van der Waals surface area contributed by atoms with Gasteiger partial charge in [0.2, 0.25) is 0 Å². The van der Waals surface area contributed by atoms with Crippen LogP contribution in [0.1, 0.15) is 28.7 Å². The predicted molar refractivity (Wildman–Crippen MR) is 169 cm³/mol. The third-order valence-corrected chi connectivity index (χ3v) is 8.34. The van der Waals surface area contributed by atoms with E-state index < -0.39 is 36.1 Å². The Morgan fingerprint density at radius 2 is 0.932 bits per heavy atom. The molecule has 0 amide bonds. The van der Waals surface area contributed by atoms with Crippen molar-refractivity contribution in [2.45, 2.75) is 69.0 Å². The van der Waals surface area contributed by atoms with E-state index in [2.05, 4.69) is 0 Å². The standard InChI is InChI=1S/C38H40O6/c39-38-23-13-14-24-40-36(38)34(42-26-30-17-7-2-8-18-30)33(41-25-29-15-5-1-6-16-29)35(43-27-31-19-9-3-10-20-31)37(38)44-28-32-21-11-4-12-22-32/h1-22,33-37,39H,23-28H2/t33-,34-,35+,36+,37-,38+/m1/s1. The molecule has 4 aromatic carbocycles. The van der Waals surface area contributed by atoms with E-state index in [0.29, 0.717) is 39.5 Å². The summed E-state index contributed by atoms with van der Waals surface area (Å²) in [4.78, 5) is 0. The van der Waals surface area contributed by atoms with Crippen LogP contribution in [0.3, 0.4) is 0 Å². The Labute approximate surface area is 259 Å². The molecule has 1 fully saturated rings. The molecule has 6 atom stereocenters. The minimum atomic E-state index is -1.43. The van der Waals surface area contributed by atoms with Crippen LogP contribution in [0.15, 0.2) is 133 Å². The molecule has 44 heavy (non-hydrogen) atoms. The van der Waals surface area contributed by atoms with Crippen molar-refractivity contribution in [3.8, 4) is 0 Å². The number of aliphatic hydroxyl groups is 1. The molecule has 1 heterocycles. The van der Waals surface area contributed by atoms with Crippen LogP contribution in [0.25, 0.3) is 0 Å². The SMILES string of the molecule is O[C@@]12CC=CCO[C@H]1[C@H](OCc1ccccc1)[C@@H](OCc1ccccc1)[C@H](OCc1ccccc1)[C@H]2OCc1ccccc1. The molecule has 0 aromatic heterocycles. The van der Waals surface area contributed by atoms with Crippen LogP contribution in [0.4, 0.5) is 0 Å². The van der Waals surface area contributed by atoms with Crippen molar-refractivity contribution in [1.29, 1.82) is 0 Å². The first-order valence-corrected chi connectivity index (χ1v) is 15.3. The molecule has 0 spiro atoms. The number of hydrogen-bond acceptors (Lipinski definition) is 6. The van der Waals surface area contributed by atoms with Crippen molar-refractivity contribution in [3.05, 3.63) is 156 Å². The lowest BCUT2D eigenvalue weighted by molar-refractivity contribution is -0.311. The first-order valence-electron chi connectivity index (χ1n) is 15.3. The second-order valence-electron chi connectivity index (χ2n) is 11.4. The Morgan fingerprint density at radius 3 is 1.41 bits per heavy atom. The first kappa shape index (κ1) is 30.4. The number of benzene rings is 4. The van der Waals surface area contributed by atoms with Gasteiger partial charge in [0, 0.05) is 0 Å². The summed E-state index contributed by atoms with van der Waals surface area (Å²) in [7, 11) is 0. The van der Waals surface area contributed by atoms with E-state index >= 15 is 0 Å². The summed E-state index contributed by atoms with van der Waals surface area (Å²) in [5, 5.41) is 12.6. The van der Waals surface area contributed by atoms with Crippen molar-refractivity contribution >= 4 is 0 Å². The lowest BCUT2D eigenvalue weighted by atomic mass is 9.72. The smallest absolute Gasteiger partial charge is 0.125 e. The zero-order valence-corrected chi connectivity index (χ0v) is 24.8. The molecule has 0 bridgehead atoms. The van der Waals surface area contributed by atoms with Crippen LogP contribution in [-0.4, -0.2) is 47.8 Å². The summed E-state index contributed by atoms with van der Waals surface area (Å²) >= 11 is 0. The molecule has 6 heteroatoms. The topological polar surface area (TPSA) is 66.4 Å². The number of hydrogen-bond donors (Lipinski definition) is 1. The van der Waals surface area contributed by atoms with Crippen LogP contribution in [0, 0.1) is 0 Å². The minimum absolute atomic E-state index is 0.302. The Morgan fingerprint density at radius 1 is 0.523 bits per heavy atom. The molecule has 2 aliphatic rings. The average Bonchev–Trinajstić information content (AvgIpc) is 3.28. The van der Waals surface area contributed by atoms with Crippen LogP contribution in [-0.2, 0) is 50.1 Å². The Balaban J connectivity index is 1.37. The fourth-order valence-corrected chi connectivity index (χ4v) is 6.09. The first-order chi connectivity index (χ1) is 21.7. The summed E-state index contributed by atoms with van der Waals surface area (Å²) in [6, 6.07) is 40.1. The van der Waals surface area contributed by atoms with E-state index in [0.717, 1.165) is 22.3 Å². The highest BCUT2D eigenvalue weighted by Gasteiger charge is 2.62. The van der Waals surface area contributed by atoms with Gasteiger partial charge in [-0.25, -0.2) is 0 Å². The second kappa shape index (κ2) is 14.9. The van der Waals surface area contributed by atoms with Crippen molar-refractivity contribution in [1.82, 2.24) is 0 Å². The summed E-state index contributed by atoms with van der Waals surface area (Å²) < 4.78 is 33.2. The lowest BCUT2D eigenvalue weighted by Crippen LogP contribution is -2.72. The maximum Gasteiger partial charge on any atom is 0.125 e. The summed E-state index contributed by atoms with van der Waals surface area (Å²) in [6.07, 6.45) is 0.841. The molecule has 1 aliphatic heterocycles. The Hall–Kier alpha value is -3.62. The van der Waals surface area contributed by atoms with Gasteiger partial charge in [0.05, 0.1) is 33.0 Å². The van der Waals surface area contributed by atoms with Gasteiger partial charge in [0.1, 0.15) is 36.1 Å². The summed E-state index contributed by atoms with van der Waals surface area (Å²) in [5.74, 6) is 0. The Kier molecular flexibility index (Phi) is 10.3. The molecular formula is C38H40O6. The molecule has 228 valence electrons. The van der Waals surface area contributed by atoms with E-state index in [1.807, 2.05) is 133 Å².